The Labute approximate surface area is 189 Å². The van der Waals surface area contributed by atoms with Gasteiger partial charge in [0.05, 0.1) is 23.8 Å². The largest absolute Gasteiger partial charge is 0.363 e. The number of rotatable bonds is 7. The first-order valence-electron chi connectivity index (χ1n) is 9.79. The second-order valence-corrected chi connectivity index (χ2v) is 7.71. The zero-order valence-corrected chi connectivity index (χ0v) is 18.1. The van der Waals surface area contributed by atoms with E-state index in [1.807, 2.05) is 18.2 Å². The van der Waals surface area contributed by atoms with Crippen molar-refractivity contribution in [1.82, 2.24) is 20.6 Å². The first-order chi connectivity index (χ1) is 15.1. The Kier molecular flexibility index (Phi) is 7.08. The number of nitrogens with zero attached hydrogens (tertiary/aromatic N) is 2. The van der Waals surface area contributed by atoms with Crippen molar-refractivity contribution in [3.8, 4) is 0 Å². The molecule has 3 N–H and O–H groups in total. The van der Waals surface area contributed by atoms with Gasteiger partial charge in [-0.1, -0.05) is 17.7 Å². The molecule has 0 spiro atoms. The van der Waals surface area contributed by atoms with Gasteiger partial charge in [-0.05, 0) is 48.1 Å². The number of benzene rings is 2. The van der Waals surface area contributed by atoms with Gasteiger partial charge >= 0.3 is 0 Å². The van der Waals surface area contributed by atoms with Crippen molar-refractivity contribution >= 4 is 51.3 Å². The quantitative estimate of drug-likeness (QED) is 0.457. The standard InChI is InChI=1S/C21H21ClFN5O2S/c22-16-10-14(2-3-17(16)23)28-20-15-9-13(1-4-18(15)26-12-27-20)11-25-21(31)24-6-5-19-29-7-8-30-19/h1-4,9-10,12,19H,5-8,11H2,(H2,24,25,31)(H,26,27,28). The zero-order chi connectivity index (χ0) is 21.6. The van der Waals surface area contributed by atoms with Gasteiger partial charge in [-0.3, -0.25) is 0 Å². The molecule has 0 radical (unpaired) electrons. The van der Waals surface area contributed by atoms with Gasteiger partial charge < -0.3 is 25.4 Å². The Morgan fingerprint density at radius 1 is 1.13 bits per heavy atom. The van der Waals surface area contributed by atoms with E-state index >= 15 is 0 Å². The average Bonchev–Trinajstić information content (AvgIpc) is 3.29. The van der Waals surface area contributed by atoms with Crippen LogP contribution in [0, 0.1) is 5.82 Å². The van der Waals surface area contributed by atoms with E-state index in [0.29, 0.717) is 42.9 Å². The van der Waals surface area contributed by atoms with E-state index in [1.54, 1.807) is 6.07 Å². The van der Waals surface area contributed by atoms with Crippen LogP contribution < -0.4 is 16.0 Å². The van der Waals surface area contributed by atoms with E-state index in [2.05, 4.69) is 25.9 Å². The van der Waals surface area contributed by atoms with Crippen LogP contribution in [0.1, 0.15) is 12.0 Å². The summed E-state index contributed by atoms with van der Waals surface area (Å²) in [6.45, 7) is 2.49. The van der Waals surface area contributed by atoms with Crippen LogP contribution in [-0.2, 0) is 16.0 Å². The Morgan fingerprint density at radius 3 is 2.77 bits per heavy atom. The van der Waals surface area contributed by atoms with Crippen molar-refractivity contribution in [3.63, 3.8) is 0 Å². The zero-order valence-electron chi connectivity index (χ0n) is 16.5. The van der Waals surface area contributed by atoms with E-state index in [1.165, 1.54) is 18.5 Å². The molecule has 1 aliphatic rings. The van der Waals surface area contributed by atoms with E-state index in [-0.39, 0.29) is 11.3 Å². The second-order valence-electron chi connectivity index (χ2n) is 6.90. The molecular weight excluding hydrogens is 441 g/mol. The summed E-state index contributed by atoms with van der Waals surface area (Å²) in [5, 5.41) is 10.9. The van der Waals surface area contributed by atoms with Crippen LogP contribution in [0.15, 0.2) is 42.7 Å². The molecule has 2 heterocycles. The number of ether oxygens (including phenoxy) is 2. The van der Waals surface area contributed by atoms with Crippen molar-refractivity contribution in [1.29, 1.82) is 0 Å². The monoisotopic (exact) mass is 461 g/mol. The summed E-state index contributed by atoms with van der Waals surface area (Å²) in [5.74, 6) is 0.132. The number of hydrogen-bond acceptors (Lipinski definition) is 6. The van der Waals surface area contributed by atoms with Crippen molar-refractivity contribution in [2.75, 3.05) is 25.1 Å². The fraction of sp³-hybridized carbons (Fsp3) is 0.286. The van der Waals surface area contributed by atoms with Gasteiger partial charge in [0.25, 0.3) is 0 Å². The highest BCUT2D eigenvalue weighted by molar-refractivity contribution is 7.80. The third-order valence-electron chi connectivity index (χ3n) is 4.69. The van der Waals surface area contributed by atoms with Gasteiger partial charge in [-0.15, -0.1) is 0 Å². The molecule has 1 aromatic heterocycles. The minimum atomic E-state index is -0.471. The molecule has 1 saturated heterocycles. The molecule has 0 saturated carbocycles. The summed E-state index contributed by atoms with van der Waals surface area (Å²) in [6, 6.07) is 10.3. The fourth-order valence-electron chi connectivity index (χ4n) is 3.15. The highest BCUT2D eigenvalue weighted by atomic mass is 35.5. The molecule has 0 bridgehead atoms. The summed E-state index contributed by atoms with van der Waals surface area (Å²) >= 11 is 11.2. The van der Waals surface area contributed by atoms with Crippen LogP contribution in [0.25, 0.3) is 10.9 Å². The lowest BCUT2D eigenvalue weighted by atomic mass is 10.1. The van der Waals surface area contributed by atoms with E-state index < -0.39 is 5.82 Å². The van der Waals surface area contributed by atoms with Gasteiger partial charge in [0.2, 0.25) is 0 Å². The number of nitrogens with one attached hydrogen (secondary N) is 3. The Balaban J connectivity index is 1.39. The maximum Gasteiger partial charge on any atom is 0.166 e. The molecule has 1 aliphatic heterocycles. The van der Waals surface area contributed by atoms with Crippen molar-refractivity contribution in [3.05, 3.63) is 59.1 Å². The molecule has 0 amide bonds. The second kappa shape index (κ2) is 10.1. The number of anilines is 2. The maximum absolute atomic E-state index is 13.4. The topological polar surface area (TPSA) is 80.3 Å². The Morgan fingerprint density at radius 2 is 1.97 bits per heavy atom. The van der Waals surface area contributed by atoms with Gasteiger partial charge in [0.1, 0.15) is 18.0 Å². The Hall–Kier alpha value is -2.59. The van der Waals surface area contributed by atoms with Crippen LogP contribution in [0.4, 0.5) is 15.9 Å². The predicted molar refractivity (Wildman–Crippen MR) is 122 cm³/mol. The van der Waals surface area contributed by atoms with E-state index in [4.69, 9.17) is 33.3 Å². The van der Waals surface area contributed by atoms with Crippen LogP contribution in [-0.4, -0.2) is 41.1 Å². The predicted octanol–water partition coefficient (Wildman–Crippen LogP) is 3.89. The molecule has 3 aromatic rings. The maximum atomic E-state index is 13.4. The molecular formula is C21H21ClFN5O2S. The lowest BCUT2D eigenvalue weighted by Gasteiger charge is -2.13. The molecule has 31 heavy (non-hydrogen) atoms. The summed E-state index contributed by atoms with van der Waals surface area (Å²) in [5.41, 5.74) is 2.43. The van der Waals surface area contributed by atoms with Gasteiger partial charge in [0, 0.05) is 30.6 Å². The lowest BCUT2D eigenvalue weighted by Crippen LogP contribution is -2.36. The number of hydrogen-bond donors (Lipinski definition) is 3. The highest BCUT2D eigenvalue weighted by Crippen LogP contribution is 2.26. The van der Waals surface area contributed by atoms with Crippen molar-refractivity contribution in [2.24, 2.45) is 0 Å². The summed E-state index contributed by atoms with van der Waals surface area (Å²) in [4.78, 5) is 8.64. The van der Waals surface area contributed by atoms with Crippen molar-refractivity contribution < 1.29 is 13.9 Å². The number of aromatic nitrogens is 2. The van der Waals surface area contributed by atoms with Gasteiger partial charge in [-0.25, -0.2) is 14.4 Å². The minimum Gasteiger partial charge on any atom is -0.363 e. The van der Waals surface area contributed by atoms with Crippen LogP contribution >= 0.6 is 23.8 Å². The molecule has 162 valence electrons. The molecule has 0 atom stereocenters. The number of thiocarbonyl (C=S) groups is 1. The van der Waals surface area contributed by atoms with Gasteiger partial charge in [0.15, 0.2) is 11.4 Å². The third-order valence-corrected chi connectivity index (χ3v) is 5.27. The van der Waals surface area contributed by atoms with Crippen LogP contribution in [0.3, 0.4) is 0 Å². The number of fused-ring (bicyclic) bond motifs is 1. The average molecular weight is 462 g/mol. The van der Waals surface area contributed by atoms with E-state index in [0.717, 1.165) is 22.9 Å². The molecule has 0 aliphatic carbocycles. The summed E-state index contributed by atoms with van der Waals surface area (Å²) < 4.78 is 24.2. The third kappa shape index (κ3) is 5.76. The SMILES string of the molecule is Fc1ccc(Nc2ncnc3ccc(CNC(=S)NCCC4OCCO4)cc23)cc1Cl. The summed E-state index contributed by atoms with van der Waals surface area (Å²) in [7, 11) is 0. The molecule has 1 fully saturated rings. The normalized spacial score (nSPS) is 14.0. The molecule has 7 nitrogen and oxygen atoms in total. The minimum absolute atomic E-state index is 0.0420. The first-order valence-corrected chi connectivity index (χ1v) is 10.6. The summed E-state index contributed by atoms with van der Waals surface area (Å²) in [6.07, 6.45) is 2.06. The smallest absolute Gasteiger partial charge is 0.166 e. The first kappa shape index (κ1) is 21.6. The molecule has 4 rings (SSSR count). The highest BCUT2D eigenvalue weighted by Gasteiger charge is 2.15. The van der Waals surface area contributed by atoms with Gasteiger partial charge in [-0.2, -0.15) is 0 Å². The van der Waals surface area contributed by atoms with Crippen LogP contribution in [0.5, 0.6) is 0 Å². The molecule has 2 aromatic carbocycles. The van der Waals surface area contributed by atoms with Crippen LogP contribution in [0.2, 0.25) is 5.02 Å². The van der Waals surface area contributed by atoms with E-state index in [9.17, 15) is 4.39 Å². The molecule has 10 heteroatoms. The lowest BCUT2D eigenvalue weighted by molar-refractivity contribution is -0.0452. The van der Waals surface area contributed by atoms with Crippen molar-refractivity contribution in [2.45, 2.75) is 19.3 Å². The number of halogens is 2. The molecule has 0 unspecified atom stereocenters. The Bertz CT molecular complexity index is 1080. The fourth-order valence-corrected chi connectivity index (χ4v) is 3.50.